The van der Waals surface area contributed by atoms with E-state index < -0.39 is 0 Å². The monoisotopic (exact) mass is 205 g/mol. The standard InChI is InChI=1S/C11H11NO3/c1-2-12-9-5-8(6-13)3-4-10(9)15-7-11(12)14/h3-6H,2,7H2,1H3. The van der Waals surface area contributed by atoms with E-state index in [1.165, 1.54) is 0 Å². The van der Waals surface area contributed by atoms with E-state index in [4.69, 9.17) is 4.74 Å². The van der Waals surface area contributed by atoms with Crippen LogP contribution in [0, 0.1) is 0 Å². The van der Waals surface area contributed by atoms with Crippen molar-refractivity contribution in [1.82, 2.24) is 0 Å². The summed E-state index contributed by atoms with van der Waals surface area (Å²) in [7, 11) is 0. The molecule has 78 valence electrons. The number of likely N-dealkylation sites (N-methyl/N-ethyl adjacent to an activating group) is 1. The molecule has 2 rings (SSSR count). The molecule has 0 saturated carbocycles. The van der Waals surface area contributed by atoms with E-state index >= 15 is 0 Å². The summed E-state index contributed by atoms with van der Waals surface area (Å²) in [5.41, 5.74) is 1.23. The zero-order valence-electron chi connectivity index (χ0n) is 8.40. The van der Waals surface area contributed by atoms with Gasteiger partial charge in [0.25, 0.3) is 5.91 Å². The van der Waals surface area contributed by atoms with Crippen LogP contribution in [0.3, 0.4) is 0 Å². The molecular formula is C11H11NO3. The molecule has 0 atom stereocenters. The molecule has 1 heterocycles. The number of hydrogen-bond acceptors (Lipinski definition) is 3. The number of fused-ring (bicyclic) bond motifs is 1. The Morgan fingerprint density at radius 1 is 1.53 bits per heavy atom. The Morgan fingerprint density at radius 3 is 3.00 bits per heavy atom. The lowest BCUT2D eigenvalue weighted by molar-refractivity contribution is -0.121. The summed E-state index contributed by atoms with van der Waals surface area (Å²) in [6.45, 7) is 2.54. The Hall–Kier alpha value is -1.84. The first-order chi connectivity index (χ1) is 7.26. The van der Waals surface area contributed by atoms with Gasteiger partial charge in [0.2, 0.25) is 0 Å². The largest absolute Gasteiger partial charge is 0.482 e. The molecular weight excluding hydrogens is 194 g/mol. The molecule has 0 aromatic heterocycles. The van der Waals surface area contributed by atoms with Gasteiger partial charge < -0.3 is 9.64 Å². The van der Waals surface area contributed by atoms with Crippen molar-refractivity contribution >= 4 is 17.9 Å². The van der Waals surface area contributed by atoms with Crippen molar-refractivity contribution in [1.29, 1.82) is 0 Å². The third-order valence-electron chi connectivity index (χ3n) is 2.38. The van der Waals surface area contributed by atoms with Crippen LogP contribution >= 0.6 is 0 Å². The Morgan fingerprint density at radius 2 is 2.33 bits per heavy atom. The summed E-state index contributed by atoms with van der Waals surface area (Å²) >= 11 is 0. The molecule has 0 bridgehead atoms. The quantitative estimate of drug-likeness (QED) is 0.682. The van der Waals surface area contributed by atoms with Gasteiger partial charge in [-0.15, -0.1) is 0 Å². The van der Waals surface area contributed by atoms with E-state index in [1.807, 2.05) is 6.92 Å². The molecule has 1 amide bonds. The van der Waals surface area contributed by atoms with E-state index in [2.05, 4.69) is 0 Å². The van der Waals surface area contributed by atoms with Crippen molar-refractivity contribution in [3.8, 4) is 5.75 Å². The van der Waals surface area contributed by atoms with Gasteiger partial charge in [-0.1, -0.05) is 0 Å². The Kier molecular flexibility index (Phi) is 2.41. The summed E-state index contributed by atoms with van der Waals surface area (Å²) in [5, 5.41) is 0. The van der Waals surface area contributed by atoms with E-state index in [1.54, 1.807) is 23.1 Å². The Balaban J connectivity index is 2.49. The van der Waals surface area contributed by atoms with Crippen molar-refractivity contribution in [2.45, 2.75) is 6.92 Å². The van der Waals surface area contributed by atoms with Gasteiger partial charge in [-0.25, -0.2) is 0 Å². The SMILES string of the molecule is CCN1C(=O)COc2ccc(C=O)cc21. The van der Waals surface area contributed by atoms with Gasteiger partial charge in [0.15, 0.2) is 6.61 Å². The lowest BCUT2D eigenvalue weighted by Crippen LogP contribution is -2.38. The van der Waals surface area contributed by atoms with Crippen molar-refractivity contribution < 1.29 is 14.3 Å². The van der Waals surface area contributed by atoms with Crippen LogP contribution in [0.4, 0.5) is 5.69 Å². The van der Waals surface area contributed by atoms with E-state index in [0.717, 1.165) is 6.29 Å². The predicted molar refractivity (Wildman–Crippen MR) is 55.4 cm³/mol. The molecule has 0 N–H and O–H groups in total. The first kappa shape index (κ1) is 9.71. The molecule has 0 aliphatic carbocycles. The Bertz CT molecular complexity index is 414. The summed E-state index contributed by atoms with van der Waals surface area (Å²) in [6.07, 6.45) is 0.757. The second-order valence-electron chi connectivity index (χ2n) is 3.27. The fraction of sp³-hybridized carbons (Fsp3) is 0.273. The minimum absolute atomic E-state index is 0.0707. The van der Waals surface area contributed by atoms with Gasteiger partial charge in [0.05, 0.1) is 5.69 Å². The van der Waals surface area contributed by atoms with Gasteiger partial charge in [0.1, 0.15) is 12.0 Å². The van der Waals surface area contributed by atoms with Crippen LogP contribution in [-0.2, 0) is 4.79 Å². The molecule has 4 heteroatoms. The molecule has 0 saturated heterocycles. The molecule has 15 heavy (non-hydrogen) atoms. The average Bonchev–Trinajstić information content (AvgIpc) is 2.28. The fourth-order valence-electron chi connectivity index (χ4n) is 1.64. The maximum absolute atomic E-state index is 11.5. The second-order valence-corrected chi connectivity index (χ2v) is 3.27. The zero-order valence-corrected chi connectivity index (χ0v) is 8.40. The highest BCUT2D eigenvalue weighted by atomic mass is 16.5. The van der Waals surface area contributed by atoms with Crippen molar-refractivity contribution in [2.75, 3.05) is 18.1 Å². The molecule has 1 aliphatic heterocycles. The molecule has 1 aliphatic rings. The van der Waals surface area contributed by atoms with Crippen LogP contribution in [-0.4, -0.2) is 25.3 Å². The molecule has 1 aromatic carbocycles. The first-order valence-electron chi connectivity index (χ1n) is 4.78. The Labute approximate surface area is 87.4 Å². The van der Waals surface area contributed by atoms with Crippen molar-refractivity contribution in [3.05, 3.63) is 23.8 Å². The minimum atomic E-state index is -0.0759. The number of anilines is 1. The smallest absolute Gasteiger partial charge is 0.265 e. The van der Waals surface area contributed by atoms with E-state index in [-0.39, 0.29) is 12.5 Å². The average molecular weight is 205 g/mol. The number of carbonyl (C=O) groups excluding carboxylic acids is 2. The van der Waals surface area contributed by atoms with Gasteiger partial charge >= 0.3 is 0 Å². The highest BCUT2D eigenvalue weighted by Gasteiger charge is 2.24. The molecule has 4 nitrogen and oxygen atoms in total. The highest BCUT2D eigenvalue weighted by Crippen LogP contribution is 2.32. The lowest BCUT2D eigenvalue weighted by atomic mass is 10.1. The van der Waals surface area contributed by atoms with Crippen LogP contribution in [0.15, 0.2) is 18.2 Å². The highest BCUT2D eigenvalue weighted by molar-refractivity contribution is 5.98. The van der Waals surface area contributed by atoms with Crippen molar-refractivity contribution in [2.24, 2.45) is 0 Å². The number of carbonyl (C=O) groups is 2. The number of ether oxygens (including phenoxy) is 1. The number of amides is 1. The zero-order chi connectivity index (χ0) is 10.8. The van der Waals surface area contributed by atoms with Crippen molar-refractivity contribution in [3.63, 3.8) is 0 Å². The van der Waals surface area contributed by atoms with E-state index in [9.17, 15) is 9.59 Å². The topological polar surface area (TPSA) is 46.6 Å². The predicted octanol–water partition coefficient (Wildman–Crippen LogP) is 1.24. The van der Waals surface area contributed by atoms with Crippen LogP contribution < -0.4 is 9.64 Å². The van der Waals surface area contributed by atoms with Gasteiger partial charge in [0, 0.05) is 12.1 Å². The lowest BCUT2D eigenvalue weighted by Gasteiger charge is -2.28. The molecule has 0 fully saturated rings. The fourth-order valence-corrected chi connectivity index (χ4v) is 1.64. The van der Waals surface area contributed by atoms with Gasteiger partial charge in [-0.2, -0.15) is 0 Å². The summed E-state index contributed by atoms with van der Waals surface area (Å²) in [4.78, 5) is 23.7. The van der Waals surface area contributed by atoms with Crippen LogP contribution in [0.5, 0.6) is 5.75 Å². The van der Waals surface area contributed by atoms with Crippen LogP contribution in [0.1, 0.15) is 17.3 Å². The number of aldehydes is 1. The maximum Gasteiger partial charge on any atom is 0.265 e. The number of hydrogen-bond donors (Lipinski definition) is 0. The minimum Gasteiger partial charge on any atom is -0.482 e. The second kappa shape index (κ2) is 3.73. The molecule has 0 unspecified atom stereocenters. The summed E-state index contributed by atoms with van der Waals surface area (Å²) < 4.78 is 5.26. The van der Waals surface area contributed by atoms with Gasteiger partial charge in [-0.05, 0) is 25.1 Å². The number of nitrogens with zero attached hydrogens (tertiary/aromatic N) is 1. The first-order valence-corrected chi connectivity index (χ1v) is 4.78. The number of rotatable bonds is 2. The summed E-state index contributed by atoms with van der Waals surface area (Å²) in [5.74, 6) is 0.579. The molecule has 0 radical (unpaired) electrons. The van der Waals surface area contributed by atoms with Crippen LogP contribution in [0.2, 0.25) is 0 Å². The number of benzene rings is 1. The third-order valence-corrected chi connectivity index (χ3v) is 2.38. The van der Waals surface area contributed by atoms with Gasteiger partial charge in [-0.3, -0.25) is 9.59 Å². The van der Waals surface area contributed by atoms with Crippen LogP contribution in [0.25, 0.3) is 0 Å². The summed E-state index contributed by atoms with van der Waals surface area (Å²) in [6, 6.07) is 5.06. The molecule has 1 aromatic rings. The van der Waals surface area contributed by atoms with E-state index in [0.29, 0.717) is 23.5 Å². The third kappa shape index (κ3) is 1.58. The normalized spacial score (nSPS) is 14.5. The maximum atomic E-state index is 11.5. The molecule has 0 spiro atoms.